The highest BCUT2D eigenvalue weighted by Gasteiger charge is 2.40. The molecule has 0 radical (unpaired) electrons. The first kappa shape index (κ1) is 17.0. The van der Waals surface area contributed by atoms with Crippen LogP contribution in [0.3, 0.4) is 0 Å². The van der Waals surface area contributed by atoms with Gasteiger partial charge < -0.3 is 20.7 Å². The molecule has 1 aromatic carbocycles. The number of hydrogen-bond acceptors (Lipinski definition) is 3. The van der Waals surface area contributed by atoms with Gasteiger partial charge in [0.2, 0.25) is 5.91 Å². The van der Waals surface area contributed by atoms with Gasteiger partial charge in [0.05, 0.1) is 25.3 Å². The molecular weight excluding hydrogens is 330 g/mol. The average Bonchev–Trinajstić information content (AvgIpc) is 2.55. The fraction of sp³-hybridized carbons (Fsp3) is 0.529. The zero-order valence-electron chi connectivity index (χ0n) is 13.7. The third-order valence-corrected chi connectivity index (χ3v) is 5.04. The van der Waals surface area contributed by atoms with Gasteiger partial charge in [-0.2, -0.15) is 0 Å². The van der Waals surface area contributed by atoms with Crippen molar-refractivity contribution in [2.45, 2.75) is 50.2 Å². The van der Waals surface area contributed by atoms with Crippen LogP contribution in [0.4, 0.5) is 5.69 Å². The number of carbonyl (C=O) groups is 2. The molecule has 1 aliphatic heterocycles. The molecular formula is C17H23ClN3O3+. The Bertz CT molecular complexity index is 638. The second kappa shape index (κ2) is 7.40. The fourth-order valence-corrected chi connectivity index (χ4v) is 3.76. The highest BCUT2D eigenvalue weighted by Crippen LogP contribution is 2.27. The van der Waals surface area contributed by atoms with Crippen LogP contribution in [0, 0.1) is 0 Å². The number of halogens is 1. The molecule has 130 valence electrons. The lowest BCUT2D eigenvalue weighted by Gasteiger charge is -2.37. The van der Waals surface area contributed by atoms with E-state index in [0.29, 0.717) is 22.5 Å². The zero-order chi connectivity index (χ0) is 17.1. The average molecular weight is 353 g/mol. The third kappa shape index (κ3) is 3.82. The van der Waals surface area contributed by atoms with Gasteiger partial charge in [-0.3, -0.25) is 9.59 Å². The predicted octanol–water partition coefficient (Wildman–Crippen LogP) is 1.05. The number of anilines is 1. The summed E-state index contributed by atoms with van der Waals surface area (Å²) in [4.78, 5) is 24.6. The summed E-state index contributed by atoms with van der Waals surface area (Å²) < 4.78 is 5.22. The summed E-state index contributed by atoms with van der Waals surface area (Å²) in [5.74, 6) is 0.268. The molecule has 7 heteroatoms. The Balaban J connectivity index is 1.62. The van der Waals surface area contributed by atoms with E-state index in [-0.39, 0.29) is 30.3 Å². The van der Waals surface area contributed by atoms with Gasteiger partial charge in [-0.15, -0.1) is 0 Å². The molecule has 0 spiro atoms. The summed E-state index contributed by atoms with van der Waals surface area (Å²) >= 11 is 5.97. The number of nitrogens with two attached hydrogens (primary N) is 1. The molecule has 1 heterocycles. The number of rotatable bonds is 4. The molecule has 2 fully saturated rings. The summed E-state index contributed by atoms with van der Waals surface area (Å²) in [5, 5.41) is 8.45. The molecule has 1 aromatic rings. The second-order valence-electron chi connectivity index (χ2n) is 6.46. The smallest absolute Gasteiger partial charge is 0.279 e. The molecule has 0 bridgehead atoms. The summed E-state index contributed by atoms with van der Waals surface area (Å²) in [6.45, 7) is 0. The SMILES string of the molecule is COc1ccc(Cl)cc1NC(=O)C[C@@H]1[NH2+][C@H]2CCCC[C@@H]2NC1=O. The van der Waals surface area contributed by atoms with Crippen molar-refractivity contribution >= 4 is 29.1 Å². The van der Waals surface area contributed by atoms with Crippen LogP contribution >= 0.6 is 11.6 Å². The van der Waals surface area contributed by atoms with Crippen molar-refractivity contribution < 1.29 is 19.6 Å². The number of amides is 2. The highest BCUT2D eigenvalue weighted by atomic mass is 35.5. The number of nitrogens with one attached hydrogen (secondary N) is 2. The number of benzene rings is 1. The van der Waals surface area contributed by atoms with E-state index in [9.17, 15) is 9.59 Å². The second-order valence-corrected chi connectivity index (χ2v) is 6.90. The lowest BCUT2D eigenvalue weighted by atomic mass is 9.87. The van der Waals surface area contributed by atoms with E-state index in [1.54, 1.807) is 18.2 Å². The van der Waals surface area contributed by atoms with Gasteiger partial charge in [-0.1, -0.05) is 18.0 Å². The Morgan fingerprint density at radius 1 is 1.42 bits per heavy atom. The minimum absolute atomic E-state index is 0.0497. The van der Waals surface area contributed by atoms with E-state index in [1.165, 1.54) is 13.5 Å². The van der Waals surface area contributed by atoms with Crippen molar-refractivity contribution in [2.24, 2.45) is 0 Å². The number of piperazine rings is 1. The first-order valence-electron chi connectivity index (χ1n) is 8.35. The molecule has 6 nitrogen and oxygen atoms in total. The van der Waals surface area contributed by atoms with Crippen molar-refractivity contribution in [2.75, 3.05) is 12.4 Å². The van der Waals surface area contributed by atoms with Gasteiger partial charge in [-0.05, 0) is 31.0 Å². The van der Waals surface area contributed by atoms with Crippen LogP contribution in [0.5, 0.6) is 5.75 Å². The van der Waals surface area contributed by atoms with Crippen LogP contribution in [0.15, 0.2) is 18.2 Å². The standard InChI is InChI=1S/C17H22ClN3O3/c1-24-15-7-6-10(18)8-13(15)20-16(22)9-14-17(23)21-12-5-3-2-4-11(12)19-14/h6-8,11-12,14,19H,2-5,9H2,1H3,(H,20,22)(H,21,23)/p+1/t11-,12-,14-/m0/s1. The van der Waals surface area contributed by atoms with Gasteiger partial charge in [0.25, 0.3) is 5.91 Å². The molecule has 1 saturated heterocycles. The van der Waals surface area contributed by atoms with Crippen LogP contribution < -0.4 is 20.7 Å². The first-order valence-corrected chi connectivity index (χ1v) is 8.73. The normalized spacial score (nSPS) is 26.2. The molecule has 0 unspecified atom stereocenters. The Morgan fingerprint density at radius 2 is 2.21 bits per heavy atom. The zero-order valence-corrected chi connectivity index (χ0v) is 14.4. The van der Waals surface area contributed by atoms with Gasteiger partial charge >= 0.3 is 0 Å². The first-order chi connectivity index (χ1) is 11.6. The number of methoxy groups -OCH3 is 1. The molecule has 24 heavy (non-hydrogen) atoms. The van der Waals surface area contributed by atoms with Crippen molar-refractivity contribution in [3.63, 3.8) is 0 Å². The molecule has 2 amide bonds. The maximum atomic E-state index is 12.4. The molecule has 3 rings (SSSR count). The van der Waals surface area contributed by atoms with Crippen LogP contribution in [-0.4, -0.2) is 37.0 Å². The summed E-state index contributed by atoms with van der Waals surface area (Å²) in [7, 11) is 1.53. The Kier molecular flexibility index (Phi) is 5.26. The van der Waals surface area contributed by atoms with Crippen molar-refractivity contribution in [1.29, 1.82) is 0 Å². The van der Waals surface area contributed by atoms with Crippen LogP contribution in [0.2, 0.25) is 5.02 Å². The largest absolute Gasteiger partial charge is 0.495 e. The minimum atomic E-state index is -0.380. The molecule has 1 saturated carbocycles. The highest BCUT2D eigenvalue weighted by molar-refractivity contribution is 6.31. The minimum Gasteiger partial charge on any atom is -0.495 e. The van der Waals surface area contributed by atoms with Crippen LogP contribution in [0.25, 0.3) is 0 Å². The van der Waals surface area contributed by atoms with Crippen molar-refractivity contribution in [1.82, 2.24) is 5.32 Å². The molecule has 2 aliphatic rings. The number of ether oxygens (including phenoxy) is 1. The van der Waals surface area contributed by atoms with E-state index in [2.05, 4.69) is 16.0 Å². The lowest BCUT2D eigenvalue weighted by Crippen LogP contribution is -3.03. The maximum absolute atomic E-state index is 12.4. The van der Waals surface area contributed by atoms with E-state index in [0.717, 1.165) is 19.3 Å². The Morgan fingerprint density at radius 3 is 3.00 bits per heavy atom. The van der Waals surface area contributed by atoms with Gasteiger partial charge in [0.15, 0.2) is 6.04 Å². The fourth-order valence-electron chi connectivity index (χ4n) is 3.58. The van der Waals surface area contributed by atoms with Gasteiger partial charge in [-0.25, -0.2) is 0 Å². The van der Waals surface area contributed by atoms with Gasteiger partial charge in [0, 0.05) is 11.4 Å². The molecule has 1 aliphatic carbocycles. The summed E-state index contributed by atoms with van der Waals surface area (Å²) in [5.41, 5.74) is 0.516. The Hall–Kier alpha value is -1.79. The monoisotopic (exact) mass is 352 g/mol. The Labute approximate surface area is 146 Å². The summed E-state index contributed by atoms with van der Waals surface area (Å²) in [6.07, 6.45) is 4.60. The number of hydrogen-bond donors (Lipinski definition) is 3. The number of carbonyl (C=O) groups excluding carboxylic acids is 2. The third-order valence-electron chi connectivity index (χ3n) is 4.80. The molecule has 0 aromatic heterocycles. The van der Waals surface area contributed by atoms with Crippen molar-refractivity contribution in [3.8, 4) is 5.75 Å². The van der Waals surface area contributed by atoms with Crippen molar-refractivity contribution in [3.05, 3.63) is 23.2 Å². The van der Waals surface area contributed by atoms with Crippen LogP contribution in [0.1, 0.15) is 32.1 Å². The topological polar surface area (TPSA) is 84.0 Å². The van der Waals surface area contributed by atoms with E-state index >= 15 is 0 Å². The predicted molar refractivity (Wildman–Crippen MR) is 91.2 cm³/mol. The molecule has 3 atom stereocenters. The maximum Gasteiger partial charge on any atom is 0.279 e. The van der Waals surface area contributed by atoms with E-state index < -0.39 is 0 Å². The number of quaternary nitrogens is 1. The molecule has 4 N–H and O–H groups in total. The van der Waals surface area contributed by atoms with E-state index in [4.69, 9.17) is 16.3 Å². The van der Waals surface area contributed by atoms with Gasteiger partial charge in [0.1, 0.15) is 11.8 Å². The number of fused-ring (bicyclic) bond motifs is 1. The summed E-state index contributed by atoms with van der Waals surface area (Å²) in [6, 6.07) is 5.29. The van der Waals surface area contributed by atoms with Crippen LogP contribution in [-0.2, 0) is 9.59 Å². The quantitative estimate of drug-likeness (QED) is 0.757. The van der Waals surface area contributed by atoms with E-state index in [1.807, 2.05) is 0 Å². The lowest BCUT2D eigenvalue weighted by molar-refractivity contribution is -0.718.